The Hall–Kier alpha value is -1.09. The van der Waals surface area contributed by atoms with Crippen LogP contribution in [-0.2, 0) is 0 Å². The first-order chi connectivity index (χ1) is 8.68. The summed E-state index contributed by atoms with van der Waals surface area (Å²) in [7, 11) is 0. The van der Waals surface area contributed by atoms with Gasteiger partial charge in [-0.25, -0.2) is 4.39 Å². The Morgan fingerprint density at radius 3 is 2.28 bits per heavy atom. The summed E-state index contributed by atoms with van der Waals surface area (Å²) in [5, 5.41) is 9.45. The lowest BCUT2D eigenvalue weighted by atomic mass is 10.1. The maximum absolute atomic E-state index is 14.1. The lowest BCUT2D eigenvalue weighted by Gasteiger charge is -2.27. The van der Waals surface area contributed by atoms with Gasteiger partial charge in [-0.3, -0.25) is 0 Å². The predicted molar refractivity (Wildman–Crippen MR) is 72.3 cm³/mol. The molecule has 1 aromatic carbocycles. The van der Waals surface area contributed by atoms with Gasteiger partial charge in [0.15, 0.2) is 0 Å². The molecule has 0 amide bonds. The van der Waals surface area contributed by atoms with Crippen LogP contribution in [0.25, 0.3) is 0 Å². The fraction of sp³-hybridized carbons (Fsp3) is 0.600. The topological polar surface area (TPSA) is 23.5 Å². The number of halogens is 1. The molecule has 0 radical (unpaired) electrons. The minimum Gasteiger partial charge on any atom is -0.389 e. The van der Waals surface area contributed by atoms with Crippen molar-refractivity contribution >= 4 is 5.69 Å². The molecule has 2 nitrogen and oxygen atoms in total. The molecule has 100 valence electrons. The number of nitrogens with zero attached hydrogens (tertiary/aromatic N) is 1. The minimum atomic E-state index is -0.610. The third-order valence-corrected chi connectivity index (χ3v) is 3.65. The molecule has 0 spiro atoms. The minimum absolute atomic E-state index is 0.214. The van der Waals surface area contributed by atoms with Crippen molar-refractivity contribution in [2.45, 2.75) is 45.1 Å². The van der Waals surface area contributed by atoms with Gasteiger partial charge in [0.2, 0.25) is 0 Å². The molecule has 1 unspecified atom stereocenters. The summed E-state index contributed by atoms with van der Waals surface area (Å²) in [4.78, 5) is 2.14. The molecule has 1 fully saturated rings. The molecule has 1 aliphatic rings. The van der Waals surface area contributed by atoms with Crippen LogP contribution in [0.5, 0.6) is 0 Å². The SMILES string of the molecule is CC(O)c1ccc(N2CCCCCCC2)c(F)c1. The summed E-state index contributed by atoms with van der Waals surface area (Å²) >= 11 is 0. The summed E-state index contributed by atoms with van der Waals surface area (Å²) in [6, 6.07) is 5.08. The second-order valence-corrected chi connectivity index (χ2v) is 5.14. The third-order valence-electron chi connectivity index (χ3n) is 3.65. The zero-order chi connectivity index (χ0) is 13.0. The van der Waals surface area contributed by atoms with E-state index in [4.69, 9.17) is 0 Å². The average Bonchev–Trinajstić information content (AvgIpc) is 2.29. The van der Waals surface area contributed by atoms with E-state index in [0.29, 0.717) is 11.3 Å². The molecule has 0 aliphatic carbocycles. The Morgan fingerprint density at radius 2 is 1.72 bits per heavy atom. The first-order valence-electron chi connectivity index (χ1n) is 6.91. The van der Waals surface area contributed by atoms with E-state index < -0.39 is 6.10 Å². The standard InChI is InChI=1S/C15H22FNO/c1-12(18)13-7-8-15(14(16)11-13)17-9-5-3-2-4-6-10-17/h7-8,11-12,18H,2-6,9-10H2,1H3. The molecule has 2 rings (SSSR count). The fourth-order valence-electron chi connectivity index (χ4n) is 2.53. The molecule has 18 heavy (non-hydrogen) atoms. The van der Waals surface area contributed by atoms with Gasteiger partial charge in [0, 0.05) is 13.1 Å². The van der Waals surface area contributed by atoms with E-state index in [0.717, 1.165) is 25.9 Å². The van der Waals surface area contributed by atoms with Gasteiger partial charge in [0.05, 0.1) is 11.8 Å². The number of anilines is 1. The van der Waals surface area contributed by atoms with Crippen LogP contribution in [0.1, 0.15) is 50.7 Å². The van der Waals surface area contributed by atoms with Gasteiger partial charge in [-0.05, 0) is 37.5 Å². The second-order valence-electron chi connectivity index (χ2n) is 5.14. The molecule has 1 saturated heterocycles. The molecule has 1 N–H and O–H groups in total. The number of hydrogen-bond acceptors (Lipinski definition) is 2. The zero-order valence-electron chi connectivity index (χ0n) is 11.0. The normalized spacial score (nSPS) is 19.2. The highest BCUT2D eigenvalue weighted by Gasteiger charge is 2.14. The van der Waals surface area contributed by atoms with Gasteiger partial charge in [-0.2, -0.15) is 0 Å². The summed E-state index contributed by atoms with van der Waals surface area (Å²) in [5.41, 5.74) is 1.32. The first kappa shape index (κ1) is 13.3. The van der Waals surface area contributed by atoms with Crippen LogP contribution < -0.4 is 4.90 Å². The molecule has 1 aliphatic heterocycles. The van der Waals surface area contributed by atoms with Crippen LogP contribution >= 0.6 is 0 Å². The monoisotopic (exact) mass is 251 g/mol. The van der Waals surface area contributed by atoms with Crippen LogP contribution in [0, 0.1) is 5.82 Å². The summed E-state index contributed by atoms with van der Waals surface area (Å²) in [6.07, 6.45) is 5.45. The number of rotatable bonds is 2. The lowest BCUT2D eigenvalue weighted by Crippen LogP contribution is -2.27. The Morgan fingerprint density at radius 1 is 1.11 bits per heavy atom. The van der Waals surface area contributed by atoms with E-state index in [1.54, 1.807) is 13.0 Å². The summed E-state index contributed by atoms with van der Waals surface area (Å²) in [6.45, 7) is 3.53. The van der Waals surface area contributed by atoms with E-state index in [-0.39, 0.29) is 5.82 Å². The maximum Gasteiger partial charge on any atom is 0.146 e. The molecule has 3 heteroatoms. The molecule has 0 aromatic heterocycles. The quantitative estimate of drug-likeness (QED) is 0.867. The maximum atomic E-state index is 14.1. The van der Waals surface area contributed by atoms with Crippen molar-refractivity contribution in [3.8, 4) is 0 Å². The summed E-state index contributed by atoms with van der Waals surface area (Å²) in [5.74, 6) is -0.214. The smallest absolute Gasteiger partial charge is 0.146 e. The Bertz CT molecular complexity index is 384. The van der Waals surface area contributed by atoms with E-state index >= 15 is 0 Å². The molecular formula is C15H22FNO. The average molecular weight is 251 g/mol. The highest BCUT2D eigenvalue weighted by Crippen LogP contribution is 2.25. The molecule has 0 saturated carbocycles. The van der Waals surface area contributed by atoms with Crippen LogP contribution in [-0.4, -0.2) is 18.2 Å². The van der Waals surface area contributed by atoms with Crippen LogP contribution in [0.4, 0.5) is 10.1 Å². The Labute approximate surface area is 108 Å². The van der Waals surface area contributed by atoms with Crippen LogP contribution in [0.3, 0.4) is 0 Å². The van der Waals surface area contributed by atoms with Crippen molar-refractivity contribution in [2.24, 2.45) is 0 Å². The molecule has 1 aromatic rings. The third kappa shape index (κ3) is 3.22. The van der Waals surface area contributed by atoms with E-state index in [1.165, 1.54) is 25.3 Å². The number of benzene rings is 1. The molecular weight excluding hydrogens is 229 g/mol. The van der Waals surface area contributed by atoms with E-state index in [9.17, 15) is 9.50 Å². The van der Waals surface area contributed by atoms with Gasteiger partial charge in [0.1, 0.15) is 5.82 Å². The van der Waals surface area contributed by atoms with Crippen molar-refractivity contribution < 1.29 is 9.50 Å². The number of aliphatic hydroxyl groups is 1. The van der Waals surface area contributed by atoms with Crippen molar-refractivity contribution in [2.75, 3.05) is 18.0 Å². The van der Waals surface area contributed by atoms with E-state index in [2.05, 4.69) is 4.90 Å². The summed E-state index contributed by atoms with van der Waals surface area (Å²) < 4.78 is 14.1. The van der Waals surface area contributed by atoms with Crippen molar-refractivity contribution in [3.05, 3.63) is 29.6 Å². The van der Waals surface area contributed by atoms with E-state index in [1.807, 2.05) is 6.07 Å². The van der Waals surface area contributed by atoms with Gasteiger partial charge < -0.3 is 10.0 Å². The highest BCUT2D eigenvalue weighted by molar-refractivity contribution is 5.49. The van der Waals surface area contributed by atoms with Crippen LogP contribution in [0.15, 0.2) is 18.2 Å². The molecule has 1 heterocycles. The van der Waals surface area contributed by atoms with Crippen molar-refractivity contribution in [3.63, 3.8) is 0 Å². The predicted octanol–water partition coefficient (Wildman–Crippen LogP) is 3.65. The zero-order valence-corrected chi connectivity index (χ0v) is 11.0. The Balaban J connectivity index is 2.15. The Kier molecular flexibility index (Phi) is 4.59. The van der Waals surface area contributed by atoms with Crippen molar-refractivity contribution in [1.29, 1.82) is 0 Å². The van der Waals surface area contributed by atoms with Crippen LogP contribution in [0.2, 0.25) is 0 Å². The molecule has 1 atom stereocenters. The highest BCUT2D eigenvalue weighted by atomic mass is 19.1. The number of hydrogen-bond donors (Lipinski definition) is 1. The fourth-order valence-corrected chi connectivity index (χ4v) is 2.53. The van der Waals surface area contributed by atoms with Gasteiger partial charge in [-0.15, -0.1) is 0 Å². The van der Waals surface area contributed by atoms with Gasteiger partial charge in [-0.1, -0.05) is 25.3 Å². The van der Waals surface area contributed by atoms with Gasteiger partial charge in [0.25, 0.3) is 0 Å². The second kappa shape index (κ2) is 6.19. The first-order valence-corrected chi connectivity index (χ1v) is 6.91. The largest absolute Gasteiger partial charge is 0.389 e. The van der Waals surface area contributed by atoms with Crippen molar-refractivity contribution in [1.82, 2.24) is 0 Å². The molecule has 0 bridgehead atoms. The number of aliphatic hydroxyl groups excluding tert-OH is 1. The van der Waals surface area contributed by atoms with Gasteiger partial charge >= 0.3 is 0 Å². The lowest BCUT2D eigenvalue weighted by molar-refractivity contribution is 0.199.